The van der Waals surface area contributed by atoms with E-state index in [-0.39, 0.29) is 23.5 Å². The zero-order valence-corrected chi connectivity index (χ0v) is 13.7. The Morgan fingerprint density at radius 1 is 1.38 bits per heavy atom. The van der Waals surface area contributed by atoms with Crippen molar-refractivity contribution < 1.29 is 9.59 Å². The van der Waals surface area contributed by atoms with Crippen molar-refractivity contribution in [2.24, 2.45) is 0 Å². The number of nitrogens with one attached hydrogen (secondary N) is 1. The highest BCUT2D eigenvalue weighted by Gasteiger charge is 2.31. The summed E-state index contributed by atoms with van der Waals surface area (Å²) in [6.45, 7) is 1.57. The van der Waals surface area contributed by atoms with E-state index in [0.29, 0.717) is 5.02 Å². The van der Waals surface area contributed by atoms with Gasteiger partial charge in [0.15, 0.2) is 0 Å². The molecule has 0 spiro atoms. The number of carbonyl (C=O) groups is 2. The summed E-state index contributed by atoms with van der Waals surface area (Å²) in [4.78, 5) is 27.2. The quantitative estimate of drug-likeness (QED) is 0.897. The third-order valence-corrected chi connectivity index (χ3v) is 5.94. The molecule has 1 atom stereocenters. The van der Waals surface area contributed by atoms with E-state index in [2.05, 4.69) is 5.32 Å². The zero-order chi connectivity index (χ0) is 14.8. The number of thioether (sulfide) groups is 2. The van der Waals surface area contributed by atoms with E-state index in [1.165, 1.54) is 11.8 Å². The van der Waals surface area contributed by atoms with Crippen LogP contribution in [0.5, 0.6) is 0 Å². The number of fused-ring (bicyclic) bond motifs is 1. The van der Waals surface area contributed by atoms with E-state index in [9.17, 15) is 9.59 Å². The molecule has 112 valence electrons. The van der Waals surface area contributed by atoms with E-state index in [4.69, 9.17) is 11.6 Å². The first-order chi connectivity index (χ1) is 10.1. The molecule has 1 aromatic rings. The van der Waals surface area contributed by atoms with Crippen molar-refractivity contribution in [2.45, 2.75) is 16.6 Å². The van der Waals surface area contributed by atoms with Crippen molar-refractivity contribution in [3.8, 4) is 0 Å². The number of amides is 2. The summed E-state index contributed by atoms with van der Waals surface area (Å²) in [6, 6.07) is 5.42. The Hall–Kier alpha value is -0.850. The van der Waals surface area contributed by atoms with Crippen LogP contribution < -0.4 is 5.32 Å². The Labute approximate surface area is 137 Å². The average molecular weight is 343 g/mol. The second kappa shape index (κ2) is 6.50. The van der Waals surface area contributed by atoms with Crippen molar-refractivity contribution in [1.82, 2.24) is 4.90 Å². The lowest BCUT2D eigenvalue weighted by atomic mass is 10.2. The third-order valence-electron chi connectivity index (χ3n) is 3.48. The maximum absolute atomic E-state index is 12.3. The lowest BCUT2D eigenvalue weighted by Crippen LogP contribution is -2.41. The van der Waals surface area contributed by atoms with E-state index < -0.39 is 0 Å². The number of nitrogens with zero attached hydrogens (tertiary/aromatic N) is 1. The van der Waals surface area contributed by atoms with Crippen LogP contribution in [-0.4, -0.2) is 46.6 Å². The molecule has 0 aromatic heterocycles. The molecule has 0 bridgehead atoms. The Morgan fingerprint density at radius 3 is 2.90 bits per heavy atom. The average Bonchev–Trinajstić information content (AvgIpc) is 2.49. The molecule has 1 N–H and O–H groups in total. The van der Waals surface area contributed by atoms with Gasteiger partial charge in [-0.1, -0.05) is 11.6 Å². The number of benzene rings is 1. The Balaban J connectivity index is 1.67. The van der Waals surface area contributed by atoms with Gasteiger partial charge in [0.05, 0.1) is 10.9 Å². The molecule has 21 heavy (non-hydrogen) atoms. The molecule has 1 aromatic carbocycles. The summed E-state index contributed by atoms with van der Waals surface area (Å²) >= 11 is 9.23. The minimum atomic E-state index is -0.360. The molecule has 7 heteroatoms. The summed E-state index contributed by atoms with van der Waals surface area (Å²) in [6.07, 6.45) is 0.253. The van der Waals surface area contributed by atoms with Crippen LogP contribution in [0.3, 0.4) is 0 Å². The van der Waals surface area contributed by atoms with Crippen LogP contribution >= 0.6 is 35.1 Å². The van der Waals surface area contributed by atoms with E-state index in [1.54, 1.807) is 12.1 Å². The van der Waals surface area contributed by atoms with Gasteiger partial charge in [0.1, 0.15) is 0 Å². The Bertz CT molecular complexity index is 576. The van der Waals surface area contributed by atoms with Crippen LogP contribution in [0.1, 0.15) is 6.42 Å². The van der Waals surface area contributed by atoms with Crippen LogP contribution in [0, 0.1) is 0 Å². The van der Waals surface area contributed by atoms with Crippen LogP contribution in [0.2, 0.25) is 5.02 Å². The molecule has 1 unspecified atom stereocenters. The van der Waals surface area contributed by atoms with Crippen molar-refractivity contribution in [1.29, 1.82) is 0 Å². The monoisotopic (exact) mass is 342 g/mol. The van der Waals surface area contributed by atoms with Crippen LogP contribution in [0.25, 0.3) is 0 Å². The molecule has 0 radical (unpaired) electrons. The Kier molecular flexibility index (Phi) is 4.66. The van der Waals surface area contributed by atoms with Crippen molar-refractivity contribution in [3.05, 3.63) is 23.2 Å². The van der Waals surface area contributed by atoms with Crippen LogP contribution in [-0.2, 0) is 9.59 Å². The first kappa shape index (κ1) is 15.1. The first-order valence-electron chi connectivity index (χ1n) is 6.76. The fraction of sp³-hybridized carbons (Fsp3) is 0.429. The SMILES string of the molecule is O=C1Nc2cc(Cl)ccc2SC1CC(=O)N1CCSCC1. The fourth-order valence-electron chi connectivity index (χ4n) is 2.36. The van der Waals surface area contributed by atoms with Crippen molar-refractivity contribution in [3.63, 3.8) is 0 Å². The third kappa shape index (κ3) is 3.49. The smallest absolute Gasteiger partial charge is 0.238 e. The largest absolute Gasteiger partial charge is 0.341 e. The molecule has 2 aliphatic rings. The number of rotatable bonds is 2. The molecular weight excluding hydrogens is 328 g/mol. The van der Waals surface area contributed by atoms with Gasteiger partial charge in [0, 0.05) is 40.9 Å². The highest BCUT2D eigenvalue weighted by molar-refractivity contribution is 8.01. The molecule has 2 amide bonds. The summed E-state index contributed by atoms with van der Waals surface area (Å²) in [5, 5.41) is 3.07. The van der Waals surface area contributed by atoms with E-state index in [0.717, 1.165) is 35.2 Å². The molecule has 2 aliphatic heterocycles. The lowest BCUT2D eigenvalue weighted by molar-refractivity contribution is -0.132. The standard InChI is InChI=1S/C14H15ClN2O2S2/c15-9-1-2-11-10(7-9)16-14(19)12(21-11)8-13(18)17-3-5-20-6-4-17/h1-2,7,12H,3-6,8H2,(H,16,19). The van der Waals surface area contributed by atoms with Crippen LogP contribution in [0.15, 0.2) is 23.1 Å². The maximum atomic E-state index is 12.3. The minimum absolute atomic E-state index is 0.0698. The van der Waals surface area contributed by atoms with Crippen molar-refractivity contribution >= 4 is 52.6 Å². The van der Waals surface area contributed by atoms with Crippen LogP contribution in [0.4, 0.5) is 5.69 Å². The number of carbonyl (C=O) groups excluding carboxylic acids is 2. The second-order valence-electron chi connectivity index (χ2n) is 4.93. The molecule has 1 fully saturated rings. The zero-order valence-electron chi connectivity index (χ0n) is 11.3. The lowest BCUT2D eigenvalue weighted by Gasteiger charge is -2.29. The van der Waals surface area contributed by atoms with Gasteiger partial charge in [-0.3, -0.25) is 9.59 Å². The van der Waals surface area contributed by atoms with Gasteiger partial charge in [-0.25, -0.2) is 0 Å². The molecule has 0 aliphatic carbocycles. The number of halogens is 1. The first-order valence-corrected chi connectivity index (χ1v) is 9.17. The van der Waals surface area contributed by atoms with E-state index >= 15 is 0 Å². The molecular formula is C14H15ClN2O2S2. The topological polar surface area (TPSA) is 49.4 Å². The molecule has 1 saturated heterocycles. The summed E-state index contributed by atoms with van der Waals surface area (Å²) < 4.78 is 0. The van der Waals surface area contributed by atoms with Gasteiger partial charge in [0.25, 0.3) is 0 Å². The summed E-state index contributed by atoms with van der Waals surface area (Å²) in [7, 11) is 0. The minimum Gasteiger partial charge on any atom is -0.341 e. The van der Waals surface area contributed by atoms with Gasteiger partial charge >= 0.3 is 0 Å². The number of anilines is 1. The second-order valence-corrected chi connectivity index (χ2v) is 7.84. The predicted octanol–water partition coefficient (Wildman–Crippen LogP) is 2.72. The van der Waals surface area contributed by atoms with Gasteiger partial charge in [-0.15, -0.1) is 11.8 Å². The molecule has 0 saturated carbocycles. The molecule has 3 rings (SSSR count). The number of hydrogen-bond acceptors (Lipinski definition) is 4. The fourth-order valence-corrected chi connectivity index (χ4v) is 4.51. The van der Waals surface area contributed by atoms with Gasteiger partial charge in [0.2, 0.25) is 11.8 Å². The summed E-state index contributed by atoms with van der Waals surface area (Å²) in [5.74, 6) is 1.92. The Morgan fingerprint density at radius 2 is 2.14 bits per heavy atom. The normalized spacial score (nSPS) is 21.7. The predicted molar refractivity (Wildman–Crippen MR) is 88.2 cm³/mol. The van der Waals surface area contributed by atoms with Gasteiger partial charge in [-0.2, -0.15) is 11.8 Å². The van der Waals surface area contributed by atoms with Crippen molar-refractivity contribution in [2.75, 3.05) is 29.9 Å². The highest BCUT2D eigenvalue weighted by Crippen LogP contribution is 2.38. The van der Waals surface area contributed by atoms with Gasteiger partial charge in [-0.05, 0) is 18.2 Å². The number of hydrogen-bond donors (Lipinski definition) is 1. The highest BCUT2D eigenvalue weighted by atomic mass is 35.5. The van der Waals surface area contributed by atoms with E-state index in [1.807, 2.05) is 22.7 Å². The summed E-state index contributed by atoms with van der Waals surface area (Å²) in [5.41, 5.74) is 0.732. The molecule has 4 nitrogen and oxygen atoms in total. The molecule has 2 heterocycles. The van der Waals surface area contributed by atoms with Gasteiger partial charge < -0.3 is 10.2 Å². The maximum Gasteiger partial charge on any atom is 0.238 e.